The topological polar surface area (TPSA) is 81.5 Å². The first-order valence-corrected chi connectivity index (χ1v) is 6.80. The van der Waals surface area contributed by atoms with Gasteiger partial charge in [-0.1, -0.05) is 12.1 Å². The van der Waals surface area contributed by atoms with Gasteiger partial charge in [0.1, 0.15) is 5.82 Å². The summed E-state index contributed by atoms with van der Waals surface area (Å²) in [6.45, 7) is 2.98. The molecule has 0 aliphatic heterocycles. The number of ether oxygens (including phenoxy) is 1. The second-order valence-corrected chi connectivity index (χ2v) is 5.05. The van der Waals surface area contributed by atoms with E-state index in [1.54, 1.807) is 26.0 Å². The number of amides is 1. The average Bonchev–Trinajstić information content (AvgIpc) is 2.48. The van der Waals surface area contributed by atoms with Crippen LogP contribution in [-0.2, 0) is 4.79 Å². The molecule has 0 heterocycles. The highest BCUT2D eigenvalue weighted by molar-refractivity contribution is 5.92. The number of hydrogen-bond acceptors (Lipinski definition) is 4. The molecule has 0 radical (unpaired) electrons. The summed E-state index contributed by atoms with van der Waals surface area (Å²) in [6.07, 6.45) is 0. The van der Waals surface area contributed by atoms with E-state index in [1.165, 1.54) is 24.3 Å². The monoisotopic (exact) mass is 318 g/mol. The van der Waals surface area contributed by atoms with Crippen molar-refractivity contribution in [3.8, 4) is 5.75 Å². The quantitative estimate of drug-likeness (QED) is 0.677. The summed E-state index contributed by atoms with van der Waals surface area (Å²) < 4.78 is 18.8. The van der Waals surface area contributed by atoms with Gasteiger partial charge in [0.25, 0.3) is 5.91 Å². The molecular weight excluding hydrogens is 303 g/mol. The molecule has 6 nitrogen and oxygen atoms in total. The number of nitro benzene ring substituents is 1. The van der Waals surface area contributed by atoms with E-state index >= 15 is 0 Å². The highest BCUT2D eigenvalue weighted by Gasteiger charge is 2.16. The van der Waals surface area contributed by atoms with Crippen LogP contribution in [0.2, 0.25) is 0 Å². The van der Waals surface area contributed by atoms with Gasteiger partial charge in [0.15, 0.2) is 12.4 Å². The van der Waals surface area contributed by atoms with Crippen LogP contribution in [0.3, 0.4) is 0 Å². The van der Waals surface area contributed by atoms with Gasteiger partial charge in [-0.15, -0.1) is 0 Å². The molecule has 0 unspecified atom stereocenters. The van der Waals surface area contributed by atoms with Crippen LogP contribution in [0.1, 0.15) is 11.1 Å². The first-order chi connectivity index (χ1) is 10.9. The minimum atomic E-state index is -0.609. The third-order valence-electron chi connectivity index (χ3n) is 3.07. The molecule has 0 aliphatic rings. The fraction of sp³-hybridized carbons (Fsp3) is 0.188. The molecular formula is C16H15FN2O4. The van der Waals surface area contributed by atoms with Crippen molar-refractivity contribution in [2.45, 2.75) is 13.8 Å². The fourth-order valence-electron chi connectivity index (χ4n) is 1.94. The Balaban J connectivity index is 2.03. The van der Waals surface area contributed by atoms with Crippen LogP contribution in [0.15, 0.2) is 36.4 Å². The molecule has 0 aliphatic carbocycles. The predicted molar refractivity (Wildman–Crippen MR) is 83.1 cm³/mol. The zero-order valence-corrected chi connectivity index (χ0v) is 12.6. The lowest BCUT2D eigenvalue weighted by molar-refractivity contribution is -0.385. The highest BCUT2D eigenvalue weighted by Crippen LogP contribution is 2.27. The molecule has 7 heteroatoms. The van der Waals surface area contributed by atoms with Crippen LogP contribution >= 0.6 is 0 Å². The second-order valence-electron chi connectivity index (χ2n) is 5.05. The molecule has 2 aromatic carbocycles. The molecule has 0 atom stereocenters. The lowest BCUT2D eigenvalue weighted by atomic mass is 10.2. The molecule has 0 bridgehead atoms. The Morgan fingerprint density at radius 3 is 2.52 bits per heavy atom. The van der Waals surface area contributed by atoms with Crippen molar-refractivity contribution in [2.24, 2.45) is 0 Å². The highest BCUT2D eigenvalue weighted by atomic mass is 19.1. The molecule has 2 aromatic rings. The molecule has 1 N–H and O–H groups in total. The van der Waals surface area contributed by atoms with E-state index in [4.69, 9.17) is 4.74 Å². The van der Waals surface area contributed by atoms with E-state index < -0.39 is 23.3 Å². The van der Waals surface area contributed by atoms with Crippen LogP contribution < -0.4 is 10.1 Å². The van der Waals surface area contributed by atoms with Crippen LogP contribution in [0.5, 0.6) is 5.75 Å². The predicted octanol–water partition coefficient (Wildman–Crippen LogP) is 3.37. The van der Waals surface area contributed by atoms with Crippen molar-refractivity contribution in [3.63, 3.8) is 0 Å². The number of rotatable bonds is 5. The van der Waals surface area contributed by atoms with Crippen molar-refractivity contribution in [2.75, 3.05) is 11.9 Å². The van der Waals surface area contributed by atoms with Crippen molar-refractivity contribution in [3.05, 3.63) is 63.5 Å². The van der Waals surface area contributed by atoms with E-state index in [9.17, 15) is 19.3 Å². The van der Waals surface area contributed by atoms with Crippen LogP contribution in [0.4, 0.5) is 15.8 Å². The maximum Gasteiger partial charge on any atom is 0.311 e. The van der Waals surface area contributed by atoms with Crippen LogP contribution in [0, 0.1) is 29.8 Å². The number of halogens is 1. The molecule has 0 fully saturated rings. The Bertz CT molecular complexity index is 762. The van der Waals surface area contributed by atoms with E-state index in [1.807, 2.05) is 0 Å². The fourth-order valence-corrected chi connectivity index (χ4v) is 1.94. The summed E-state index contributed by atoms with van der Waals surface area (Å²) >= 11 is 0. The summed E-state index contributed by atoms with van der Waals surface area (Å²) in [5.74, 6) is -1.18. The zero-order valence-electron chi connectivity index (χ0n) is 12.6. The van der Waals surface area contributed by atoms with Gasteiger partial charge in [0, 0.05) is 6.07 Å². The first-order valence-electron chi connectivity index (χ1n) is 6.80. The molecule has 2 rings (SSSR count). The number of benzene rings is 2. The summed E-state index contributed by atoms with van der Waals surface area (Å²) in [4.78, 5) is 22.2. The summed E-state index contributed by atoms with van der Waals surface area (Å²) in [5.41, 5.74) is 1.24. The summed E-state index contributed by atoms with van der Waals surface area (Å²) in [5, 5.41) is 13.3. The number of anilines is 1. The summed E-state index contributed by atoms with van der Waals surface area (Å²) in [7, 11) is 0. The summed E-state index contributed by atoms with van der Waals surface area (Å²) in [6, 6.07) is 8.81. The maximum atomic E-state index is 13.6. The number of carbonyl (C=O) groups excluding carboxylic acids is 1. The number of carbonyl (C=O) groups is 1. The van der Waals surface area contributed by atoms with Gasteiger partial charge in [0.05, 0.1) is 10.6 Å². The van der Waals surface area contributed by atoms with Crippen molar-refractivity contribution >= 4 is 17.3 Å². The minimum absolute atomic E-state index is 0.0138. The Labute approximate surface area is 132 Å². The zero-order chi connectivity index (χ0) is 17.0. The van der Waals surface area contributed by atoms with E-state index in [0.29, 0.717) is 5.56 Å². The van der Waals surface area contributed by atoms with E-state index in [0.717, 1.165) is 5.56 Å². The Morgan fingerprint density at radius 1 is 1.22 bits per heavy atom. The van der Waals surface area contributed by atoms with Crippen LogP contribution in [0.25, 0.3) is 0 Å². The Morgan fingerprint density at radius 2 is 1.87 bits per heavy atom. The molecule has 120 valence electrons. The lowest BCUT2D eigenvalue weighted by Gasteiger charge is -2.09. The van der Waals surface area contributed by atoms with Crippen molar-refractivity contribution in [1.29, 1.82) is 0 Å². The van der Waals surface area contributed by atoms with E-state index in [-0.39, 0.29) is 17.1 Å². The van der Waals surface area contributed by atoms with Gasteiger partial charge in [-0.05, 0) is 43.2 Å². The number of nitro groups is 1. The number of nitrogens with one attached hydrogen (secondary N) is 1. The second kappa shape index (κ2) is 6.87. The van der Waals surface area contributed by atoms with Crippen molar-refractivity contribution in [1.82, 2.24) is 0 Å². The molecule has 1 amide bonds. The van der Waals surface area contributed by atoms with Gasteiger partial charge in [0.2, 0.25) is 0 Å². The Kier molecular flexibility index (Phi) is 4.90. The van der Waals surface area contributed by atoms with Crippen LogP contribution in [-0.4, -0.2) is 17.4 Å². The smallest absolute Gasteiger partial charge is 0.311 e. The van der Waals surface area contributed by atoms with Gasteiger partial charge < -0.3 is 10.1 Å². The normalized spacial score (nSPS) is 10.2. The SMILES string of the molecule is Cc1ccc(NC(=O)COc2ccc(C)cc2[N+](=O)[O-])c(F)c1. The van der Waals surface area contributed by atoms with Gasteiger partial charge >= 0.3 is 5.69 Å². The standard InChI is InChI=1S/C16H15FN2O4/c1-10-3-5-13(12(17)7-10)18-16(20)9-23-15-6-4-11(2)8-14(15)19(21)22/h3-8H,9H2,1-2H3,(H,18,20). The molecule has 0 saturated heterocycles. The largest absolute Gasteiger partial charge is 0.477 e. The van der Waals surface area contributed by atoms with Gasteiger partial charge in [-0.2, -0.15) is 0 Å². The van der Waals surface area contributed by atoms with Gasteiger partial charge in [-0.25, -0.2) is 4.39 Å². The van der Waals surface area contributed by atoms with Crippen molar-refractivity contribution < 1.29 is 18.8 Å². The van der Waals surface area contributed by atoms with Gasteiger partial charge in [-0.3, -0.25) is 14.9 Å². The third-order valence-corrected chi connectivity index (χ3v) is 3.07. The average molecular weight is 318 g/mol. The molecule has 0 spiro atoms. The number of hydrogen-bond donors (Lipinski definition) is 1. The number of nitrogens with zero attached hydrogens (tertiary/aromatic N) is 1. The Hall–Kier alpha value is -2.96. The lowest BCUT2D eigenvalue weighted by Crippen LogP contribution is -2.21. The molecule has 23 heavy (non-hydrogen) atoms. The van der Waals surface area contributed by atoms with E-state index in [2.05, 4.69) is 5.32 Å². The minimum Gasteiger partial charge on any atom is -0.477 e. The number of aryl methyl sites for hydroxylation is 2. The third kappa shape index (κ3) is 4.26. The maximum absolute atomic E-state index is 13.6. The first kappa shape index (κ1) is 16.4. The molecule has 0 aromatic heterocycles. The molecule has 0 saturated carbocycles.